The van der Waals surface area contributed by atoms with E-state index in [0.29, 0.717) is 12.3 Å². The van der Waals surface area contributed by atoms with Crippen LogP contribution in [0.3, 0.4) is 0 Å². The molecule has 0 bridgehead atoms. The molecule has 0 saturated heterocycles. The fourth-order valence-corrected chi connectivity index (χ4v) is 2.57. The number of benzene rings is 2. The second-order valence-corrected chi connectivity index (χ2v) is 5.00. The van der Waals surface area contributed by atoms with Gasteiger partial charge in [-0.05, 0) is 18.1 Å². The van der Waals surface area contributed by atoms with Crippen LogP contribution in [0.2, 0.25) is 0 Å². The summed E-state index contributed by atoms with van der Waals surface area (Å²) >= 11 is 0. The monoisotopic (exact) mass is 301 g/mol. The third-order valence-corrected chi connectivity index (χ3v) is 3.59. The summed E-state index contributed by atoms with van der Waals surface area (Å²) in [6.07, 6.45) is 0.810. The maximum atomic E-state index is 9.14. The molecule has 0 spiro atoms. The van der Waals surface area contributed by atoms with Crippen molar-refractivity contribution in [1.29, 1.82) is 0 Å². The molecule has 1 atom stereocenters. The van der Waals surface area contributed by atoms with E-state index in [-0.39, 0.29) is 12.6 Å². The van der Waals surface area contributed by atoms with Gasteiger partial charge in [-0.2, -0.15) is 0 Å². The molecule has 0 aliphatic carbocycles. The Labute approximate surface area is 131 Å². The third kappa shape index (κ3) is 4.00. The first-order valence-corrected chi connectivity index (χ1v) is 7.39. The molecule has 0 amide bonds. The predicted molar refractivity (Wildman–Crippen MR) is 87.5 cm³/mol. The maximum absolute atomic E-state index is 9.14. The molecular formula is C18H23NO3. The van der Waals surface area contributed by atoms with E-state index in [2.05, 4.69) is 17.4 Å². The molecule has 2 aromatic rings. The minimum atomic E-state index is 0.0413. The van der Waals surface area contributed by atoms with Crippen LogP contribution in [0.4, 0.5) is 0 Å². The van der Waals surface area contributed by atoms with Crippen LogP contribution in [0.1, 0.15) is 17.2 Å². The zero-order chi connectivity index (χ0) is 15.8. The van der Waals surface area contributed by atoms with Crippen molar-refractivity contribution in [3.8, 4) is 11.5 Å². The van der Waals surface area contributed by atoms with Crippen molar-refractivity contribution >= 4 is 0 Å². The molecule has 118 valence electrons. The minimum absolute atomic E-state index is 0.0413. The van der Waals surface area contributed by atoms with Crippen molar-refractivity contribution in [2.24, 2.45) is 0 Å². The Hall–Kier alpha value is -2.04. The summed E-state index contributed by atoms with van der Waals surface area (Å²) in [6, 6.07) is 16.2. The summed E-state index contributed by atoms with van der Waals surface area (Å²) in [4.78, 5) is 0. The number of aliphatic hydroxyl groups is 1. The van der Waals surface area contributed by atoms with Gasteiger partial charge in [0.05, 0.1) is 20.8 Å². The smallest absolute Gasteiger partial charge is 0.165 e. The number of aliphatic hydroxyl groups excluding tert-OH is 1. The first-order valence-electron chi connectivity index (χ1n) is 7.39. The van der Waals surface area contributed by atoms with Gasteiger partial charge in [0.25, 0.3) is 0 Å². The van der Waals surface area contributed by atoms with Crippen molar-refractivity contribution in [2.75, 3.05) is 27.4 Å². The molecule has 4 nitrogen and oxygen atoms in total. The highest BCUT2D eigenvalue weighted by atomic mass is 16.5. The van der Waals surface area contributed by atoms with Crippen LogP contribution in [-0.4, -0.2) is 32.5 Å². The van der Waals surface area contributed by atoms with Gasteiger partial charge < -0.3 is 19.9 Å². The van der Waals surface area contributed by atoms with Crippen LogP contribution in [0.15, 0.2) is 48.5 Å². The van der Waals surface area contributed by atoms with E-state index < -0.39 is 0 Å². The van der Waals surface area contributed by atoms with Gasteiger partial charge in [-0.1, -0.05) is 42.5 Å². The Balaban J connectivity index is 2.32. The number of ether oxygens (including phenoxy) is 2. The molecule has 0 fully saturated rings. The van der Waals surface area contributed by atoms with E-state index in [0.717, 1.165) is 17.7 Å². The SMILES string of the molecule is COc1cccc([C@@H](Cc2ccccc2)NCCO)c1OC. The number of nitrogens with one attached hydrogen (secondary N) is 1. The molecule has 0 heterocycles. The molecule has 0 aliphatic rings. The molecule has 0 radical (unpaired) electrons. The highest BCUT2D eigenvalue weighted by Crippen LogP contribution is 2.35. The second-order valence-electron chi connectivity index (χ2n) is 5.00. The van der Waals surface area contributed by atoms with Crippen LogP contribution in [0.25, 0.3) is 0 Å². The molecule has 4 heteroatoms. The van der Waals surface area contributed by atoms with Crippen LogP contribution in [0, 0.1) is 0 Å². The maximum Gasteiger partial charge on any atom is 0.165 e. The second kappa shape index (κ2) is 8.41. The van der Waals surface area contributed by atoms with E-state index in [9.17, 15) is 0 Å². The van der Waals surface area contributed by atoms with Gasteiger partial charge in [0.15, 0.2) is 11.5 Å². The van der Waals surface area contributed by atoms with Crippen molar-refractivity contribution in [1.82, 2.24) is 5.32 Å². The summed E-state index contributed by atoms with van der Waals surface area (Å²) < 4.78 is 10.9. The van der Waals surface area contributed by atoms with Crippen LogP contribution < -0.4 is 14.8 Å². The first kappa shape index (κ1) is 16.3. The van der Waals surface area contributed by atoms with Gasteiger partial charge in [0, 0.05) is 18.2 Å². The highest BCUT2D eigenvalue weighted by molar-refractivity contribution is 5.48. The van der Waals surface area contributed by atoms with Gasteiger partial charge in [-0.15, -0.1) is 0 Å². The van der Waals surface area contributed by atoms with E-state index in [1.807, 2.05) is 36.4 Å². The Kier molecular flexibility index (Phi) is 6.25. The normalized spacial score (nSPS) is 12.0. The van der Waals surface area contributed by atoms with Crippen molar-refractivity contribution in [3.05, 3.63) is 59.7 Å². The number of rotatable bonds is 8. The lowest BCUT2D eigenvalue weighted by Crippen LogP contribution is -2.26. The van der Waals surface area contributed by atoms with Gasteiger partial charge >= 0.3 is 0 Å². The van der Waals surface area contributed by atoms with Gasteiger partial charge in [-0.25, -0.2) is 0 Å². The largest absolute Gasteiger partial charge is 0.493 e. The molecule has 0 aromatic heterocycles. The highest BCUT2D eigenvalue weighted by Gasteiger charge is 2.19. The summed E-state index contributed by atoms with van der Waals surface area (Å²) in [6.45, 7) is 0.620. The lowest BCUT2D eigenvalue weighted by Gasteiger charge is -2.22. The zero-order valence-corrected chi connectivity index (χ0v) is 13.1. The van der Waals surface area contributed by atoms with Crippen molar-refractivity contribution in [3.63, 3.8) is 0 Å². The molecule has 0 saturated carbocycles. The average Bonchev–Trinajstić information content (AvgIpc) is 2.58. The van der Waals surface area contributed by atoms with E-state index in [4.69, 9.17) is 14.6 Å². The summed E-state index contributed by atoms with van der Waals surface area (Å²) in [5.41, 5.74) is 2.25. The van der Waals surface area contributed by atoms with Gasteiger partial charge in [0.1, 0.15) is 0 Å². The number of hydrogen-bond acceptors (Lipinski definition) is 4. The topological polar surface area (TPSA) is 50.7 Å². The van der Waals surface area contributed by atoms with Crippen LogP contribution in [-0.2, 0) is 6.42 Å². The molecular weight excluding hydrogens is 278 g/mol. The molecule has 0 unspecified atom stereocenters. The predicted octanol–water partition coefficient (Wildman–Crippen LogP) is 2.57. The fourth-order valence-electron chi connectivity index (χ4n) is 2.57. The van der Waals surface area contributed by atoms with Crippen molar-refractivity contribution < 1.29 is 14.6 Å². The summed E-state index contributed by atoms with van der Waals surface area (Å²) in [5.74, 6) is 1.44. The summed E-state index contributed by atoms with van der Waals surface area (Å²) in [7, 11) is 3.28. The van der Waals surface area contributed by atoms with E-state index >= 15 is 0 Å². The zero-order valence-electron chi connectivity index (χ0n) is 13.1. The Morgan fingerprint density at radius 1 is 1.00 bits per heavy atom. The molecule has 2 N–H and O–H groups in total. The van der Waals surface area contributed by atoms with Gasteiger partial charge in [0.2, 0.25) is 0 Å². The number of hydrogen-bond donors (Lipinski definition) is 2. The Morgan fingerprint density at radius 2 is 1.77 bits per heavy atom. The average molecular weight is 301 g/mol. The molecule has 2 rings (SSSR count). The van der Waals surface area contributed by atoms with Crippen LogP contribution >= 0.6 is 0 Å². The molecule has 2 aromatic carbocycles. The first-order chi connectivity index (χ1) is 10.8. The minimum Gasteiger partial charge on any atom is -0.493 e. The lowest BCUT2D eigenvalue weighted by atomic mass is 9.97. The quantitative estimate of drug-likeness (QED) is 0.787. The Bertz CT molecular complexity index is 572. The van der Waals surface area contributed by atoms with E-state index in [1.54, 1.807) is 14.2 Å². The van der Waals surface area contributed by atoms with E-state index in [1.165, 1.54) is 5.56 Å². The van der Waals surface area contributed by atoms with Gasteiger partial charge in [-0.3, -0.25) is 0 Å². The number of methoxy groups -OCH3 is 2. The van der Waals surface area contributed by atoms with Crippen LogP contribution in [0.5, 0.6) is 11.5 Å². The molecule has 0 aliphatic heterocycles. The molecule has 22 heavy (non-hydrogen) atoms. The Morgan fingerprint density at radius 3 is 2.41 bits per heavy atom. The van der Waals surface area contributed by atoms with Crippen molar-refractivity contribution in [2.45, 2.75) is 12.5 Å². The number of para-hydroxylation sites is 1. The standard InChI is InChI=1S/C18H23NO3/c1-21-17-10-6-9-15(18(17)22-2)16(19-11-12-20)13-14-7-4-3-5-8-14/h3-10,16,19-20H,11-13H2,1-2H3/t16-/m1/s1. The lowest BCUT2D eigenvalue weighted by molar-refractivity contribution is 0.282. The fraction of sp³-hybridized carbons (Fsp3) is 0.333. The third-order valence-electron chi connectivity index (χ3n) is 3.59. The summed E-state index contributed by atoms with van der Waals surface area (Å²) in [5, 5.41) is 12.5.